The van der Waals surface area contributed by atoms with E-state index in [1.54, 1.807) is 49.4 Å². The topological polar surface area (TPSA) is 67.4 Å². The lowest BCUT2D eigenvalue weighted by Gasteiger charge is -2.09. The molecule has 0 saturated heterocycles. The Balaban J connectivity index is 1.78. The normalized spacial score (nSPS) is 10.1. The molecule has 0 aliphatic carbocycles. The van der Waals surface area contributed by atoms with E-state index in [1.165, 1.54) is 0 Å². The first-order valence-corrected chi connectivity index (χ1v) is 8.03. The zero-order valence-electron chi connectivity index (χ0n) is 13.3. The molecule has 0 aliphatic heterocycles. The lowest BCUT2D eigenvalue weighted by molar-refractivity contribution is -0.115. The molecule has 0 atom stereocenters. The smallest absolute Gasteiger partial charge is 0.338 e. The number of hydrogen-bond donors (Lipinski definition) is 2. The zero-order valence-corrected chi connectivity index (χ0v) is 14.1. The van der Waals surface area contributed by atoms with Gasteiger partial charge in [-0.25, -0.2) is 4.79 Å². The number of benzene rings is 2. The van der Waals surface area contributed by atoms with Crippen molar-refractivity contribution >= 4 is 34.9 Å². The van der Waals surface area contributed by atoms with Crippen LogP contribution in [0.2, 0.25) is 5.02 Å². The van der Waals surface area contributed by atoms with Gasteiger partial charge in [-0.1, -0.05) is 23.7 Å². The van der Waals surface area contributed by atoms with Gasteiger partial charge in [0.15, 0.2) is 0 Å². The number of carbonyl (C=O) groups excluding carboxylic acids is 2. The molecule has 2 N–H and O–H groups in total. The molecule has 0 saturated carbocycles. The lowest BCUT2D eigenvalue weighted by Crippen LogP contribution is -2.16. The van der Waals surface area contributed by atoms with Crippen LogP contribution in [0.3, 0.4) is 0 Å². The van der Waals surface area contributed by atoms with Crippen LogP contribution < -0.4 is 10.6 Å². The van der Waals surface area contributed by atoms with Gasteiger partial charge in [-0.05, 0) is 43.3 Å². The number of anilines is 2. The first-order valence-electron chi connectivity index (χ1n) is 7.65. The molecule has 24 heavy (non-hydrogen) atoms. The number of carbonyl (C=O) groups is 2. The van der Waals surface area contributed by atoms with E-state index in [4.69, 9.17) is 16.3 Å². The number of halogens is 1. The monoisotopic (exact) mass is 346 g/mol. The predicted octanol–water partition coefficient (Wildman–Crippen LogP) is 3.96. The molecule has 6 heteroatoms. The highest BCUT2D eigenvalue weighted by Crippen LogP contribution is 2.20. The summed E-state index contributed by atoms with van der Waals surface area (Å²) in [6, 6.07) is 14.0. The molecule has 2 rings (SSSR count). The highest BCUT2D eigenvalue weighted by molar-refractivity contribution is 6.33. The van der Waals surface area contributed by atoms with E-state index in [1.807, 2.05) is 6.07 Å². The molecule has 5 nitrogen and oxygen atoms in total. The Kier molecular flexibility index (Phi) is 6.63. The summed E-state index contributed by atoms with van der Waals surface area (Å²) in [6.45, 7) is 2.58. The first kappa shape index (κ1) is 17.8. The molecule has 0 heterocycles. The summed E-state index contributed by atoms with van der Waals surface area (Å²) in [7, 11) is 0. The third kappa shape index (κ3) is 5.28. The van der Waals surface area contributed by atoms with E-state index in [9.17, 15) is 9.59 Å². The summed E-state index contributed by atoms with van der Waals surface area (Å²) >= 11 is 5.99. The van der Waals surface area contributed by atoms with Gasteiger partial charge < -0.3 is 15.4 Å². The minimum Gasteiger partial charge on any atom is -0.462 e. The van der Waals surface area contributed by atoms with Crippen molar-refractivity contribution in [2.45, 2.75) is 13.3 Å². The van der Waals surface area contributed by atoms with Crippen molar-refractivity contribution in [3.63, 3.8) is 0 Å². The van der Waals surface area contributed by atoms with Gasteiger partial charge in [-0.15, -0.1) is 0 Å². The van der Waals surface area contributed by atoms with Crippen molar-refractivity contribution < 1.29 is 14.3 Å². The largest absolute Gasteiger partial charge is 0.462 e. The van der Waals surface area contributed by atoms with Crippen molar-refractivity contribution in [3.8, 4) is 0 Å². The Morgan fingerprint density at radius 1 is 1.08 bits per heavy atom. The van der Waals surface area contributed by atoms with E-state index in [-0.39, 0.29) is 11.9 Å². The Bertz CT molecular complexity index is 702. The number of ether oxygens (including phenoxy) is 1. The van der Waals surface area contributed by atoms with Crippen LogP contribution in [0.5, 0.6) is 0 Å². The molecule has 2 aromatic carbocycles. The van der Waals surface area contributed by atoms with Gasteiger partial charge in [-0.2, -0.15) is 0 Å². The molecule has 0 fully saturated rings. The number of hydrogen-bond acceptors (Lipinski definition) is 4. The SMILES string of the molecule is CCOC(=O)c1ccc(NCCC(=O)Nc2ccccc2Cl)cc1. The molecule has 0 aliphatic rings. The minimum absolute atomic E-state index is 0.126. The van der Waals surface area contributed by atoms with Crippen molar-refractivity contribution in [1.29, 1.82) is 0 Å². The summed E-state index contributed by atoms with van der Waals surface area (Å²) in [5.74, 6) is -0.470. The standard InChI is InChI=1S/C18H19ClN2O3/c1-2-24-18(23)13-7-9-14(10-8-13)20-12-11-17(22)21-16-6-4-3-5-15(16)19/h3-10,20H,2,11-12H2,1H3,(H,21,22). The average Bonchev–Trinajstić information content (AvgIpc) is 2.58. The highest BCUT2D eigenvalue weighted by atomic mass is 35.5. The van der Waals surface area contributed by atoms with Gasteiger partial charge in [0.1, 0.15) is 0 Å². The zero-order chi connectivity index (χ0) is 17.4. The molecule has 0 unspecified atom stereocenters. The summed E-state index contributed by atoms with van der Waals surface area (Å²) in [4.78, 5) is 23.5. The van der Waals surface area contributed by atoms with Crippen LogP contribution >= 0.6 is 11.6 Å². The Morgan fingerprint density at radius 3 is 2.46 bits per heavy atom. The lowest BCUT2D eigenvalue weighted by atomic mass is 10.2. The Morgan fingerprint density at radius 2 is 1.79 bits per heavy atom. The number of amides is 1. The summed E-state index contributed by atoms with van der Waals surface area (Å²) in [5, 5.41) is 6.40. The highest BCUT2D eigenvalue weighted by Gasteiger charge is 2.07. The second-order valence-electron chi connectivity index (χ2n) is 5.00. The number of para-hydroxylation sites is 1. The second kappa shape index (κ2) is 8.93. The molecule has 2 aromatic rings. The summed E-state index contributed by atoms with van der Waals surface area (Å²) < 4.78 is 4.92. The number of nitrogens with one attached hydrogen (secondary N) is 2. The van der Waals surface area contributed by atoms with Gasteiger partial charge in [-0.3, -0.25) is 4.79 Å². The average molecular weight is 347 g/mol. The van der Waals surface area contributed by atoms with E-state index < -0.39 is 0 Å². The molecule has 1 amide bonds. The molecule has 126 valence electrons. The van der Waals surface area contributed by atoms with Crippen LogP contribution in [0, 0.1) is 0 Å². The van der Waals surface area contributed by atoms with Crippen LogP contribution in [0.1, 0.15) is 23.7 Å². The van der Waals surface area contributed by atoms with Crippen LogP contribution in [0.25, 0.3) is 0 Å². The number of esters is 1. The van der Waals surface area contributed by atoms with E-state index in [0.717, 1.165) is 5.69 Å². The first-order chi connectivity index (χ1) is 11.6. The van der Waals surface area contributed by atoms with Crippen LogP contribution in [0.15, 0.2) is 48.5 Å². The van der Waals surface area contributed by atoms with E-state index in [0.29, 0.717) is 35.8 Å². The predicted molar refractivity (Wildman–Crippen MR) is 95.6 cm³/mol. The van der Waals surface area contributed by atoms with Crippen molar-refractivity contribution in [1.82, 2.24) is 0 Å². The van der Waals surface area contributed by atoms with Gasteiger partial charge >= 0.3 is 5.97 Å². The molecule has 0 spiro atoms. The van der Waals surface area contributed by atoms with Gasteiger partial charge in [0.05, 0.1) is 22.9 Å². The molecule has 0 aromatic heterocycles. The van der Waals surface area contributed by atoms with Gasteiger partial charge in [0.25, 0.3) is 0 Å². The fraction of sp³-hybridized carbons (Fsp3) is 0.222. The maximum atomic E-state index is 11.9. The second-order valence-corrected chi connectivity index (χ2v) is 5.41. The van der Waals surface area contributed by atoms with Crippen LogP contribution in [-0.4, -0.2) is 25.0 Å². The number of rotatable bonds is 7. The fourth-order valence-corrected chi connectivity index (χ4v) is 2.22. The molecule has 0 bridgehead atoms. The molecular formula is C18H19ClN2O3. The van der Waals surface area contributed by atoms with Crippen molar-refractivity contribution in [2.75, 3.05) is 23.8 Å². The van der Waals surface area contributed by atoms with Crippen LogP contribution in [0.4, 0.5) is 11.4 Å². The van der Waals surface area contributed by atoms with Crippen molar-refractivity contribution in [3.05, 3.63) is 59.1 Å². The minimum atomic E-state index is -0.344. The Labute approximate surface area is 146 Å². The summed E-state index contributed by atoms with van der Waals surface area (Å²) in [5.41, 5.74) is 1.93. The van der Waals surface area contributed by atoms with Gasteiger partial charge in [0, 0.05) is 18.7 Å². The Hall–Kier alpha value is -2.53. The maximum Gasteiger partial charge on any atom is 0.338 e. The van der Waals surface area contributed by atoms with Crippen molar-refractivity contribution in [2.24, 2.45) is 0 Å². The molecular weight excluding hydrogens is 328 g/mol. The fourth-order valence-electron chi connectivity index (χ4n) is 2.03. The van der Waals surface area contributed by atoms with E-state index in [2.05, 4.69) is 10.6 Å². The molecule has 0 radical (unpaired) electrons. The third-order valence-corrected chi connectivity index (χ3v) is 3.55. The maximum absolute atomic E-state index is 11.9. The quantitative estimate of drug-likeness (QED) is 0.745. The third-order valence-electron chi connectivity index (χ3n) is 3.23. The summed E-state index contributed by atoms with van der Waals surface area (Å²) in [6.07, 6.45) is 0.296. The van der Waals surface area contributed by atoms with E-state index >= 15 is 0 Å². The van der Waals surface area contributed by atoms with Gasteiger partial charge in [0.2, 0.25) is 5.91 Å². The van der Waals surface area contributed by atoms with Crippen LogP contribution in [-0.2, 0) is 9.53 Å².